The summed E-state index contributed by atoms with van der Waals surface area (Å²) in [6.45, 7) is 0. The Kier molecular flexibility index (Phi) is 5.98. The van der Waals surface area contributed by atoms with Crippen LogP contribution in [0.5, 0.6) is 23.0 Å². The number of para-hydroxylation sites is 1. The molecule has 0 fully saturated rings. The molecule has 2 aromatic carbocycles. The number of nitrogens with one attached hydrogen (secondary N) is 2. The molecule has 1 amide bonds. The third kappa shape index (κ3) is 4.29. The number of carbonyl (C=O) groups is 1. The molecule has 3 rings (SSSR count). The van der Waals surface area contributed by atoms with Crippen molar-refractivity contribution in [3.05, 3.63) is 53.7 Å². The molecule has 0 saturated carbocycles. The van der Waals surface area contributed by atoms with E-state index in [1.807, 2.05) is 6.07 Å². The monoisotopic (exact) mass is 396 g/mol. The molecule has 0 saturated heterocycles. The average molecular weight is 396 g/mol. The van der Waals surface area contributed by atoms with Gasteiger partial charge >= 0.3 is 0 Å². The lowest BCUT2D eigenvalue weighted by Gasteiger charge is -2.08. The number of nitrogens with zero attached hydrogens (tertiary/aromatic N) is 2. The minimum absolute atomic E-state index is 0.0646. The van der Waals surface area contributed by atoms with Crippen LogP contribution in [0.15, 0.2) is 47.6 Å². The van der Waals surface area contributed by atoms with Crippen molar-refractivity contribution in [2.75, 3.05) is 21.3 Å². The fourth-order valence-corrected chi connectivity index (χ4v) is 2.61. The van der Waals surface area contributed by atoms with Gasteiger partial charge in [-0.25, -0.2) is 5.43 Å². The zero-order valence-corrected chi connectivity index (χ0v) is 16.1. The van der Waals surface area contributed by atoms with E-state index >= 15 is 0 Å². The second-order valence-electron chi connectivity index (χ2n) is 5.83. The van der Waals surface area contributed by atoms with Crippen LogP contribution in [0.2, 0.25) is 0 Å². The van der Waals surface area contributed by atoms with Crippen LogP contribution in [0.25, 0.3) is 11.3 Å². The summed E-state index contributed by atoms with van der Waals surface area (Å²) in [4.78, 5) is 12.3. The number of rotatable bonds is 7. The van der Waals surface area contributed by atoms with Crippen molar-refractivity contribution in [2.24, 2.45) is 5.10 Å². The van der Waals surface area contributed by atoms with E-state index in [1.54, 1.807) is 50.6 Å². The number of benzene rings is 2. The smallest absolute Gasteiger partial charge is 0.289 e. The molecule has 150 valence electrons. The standard InChI is InChI=1S/C20H20N4O5/c1-27-16-8-7-12(9-18(16)29-3)14-10-15(23-22-14)20(26)24-21-11-13-5-4-6-17(28-2)19(13)25/h4-11,25H,1-3H3,(H,22,23)(H,24,26)/b21-11+. The first kappa shape index (κ1) is 19.7. The van der Waals surface area contributed by atoms with Crippen LogP contribution in [0.4, 0.5) is 0 Å². The number of aromatic nitrogens is 2. The molecular formula is C20H20N4O5. The fraction of sp³-hybridized carbons (Fsp3) is 0.150. The summed E-state index contributed by atoms with van der Waals surface area (Å²) in [5.41, 5.74) is 4.32. The molecule has 0 atom stereocenters. The van der Waals surface area contributed by atoms with Gasteiger partial charge in [-0.05, 0) is 36.4 Å². The Morgan fingerprint density at radius 1 is 1.07 bits per heavy atom. The number of aromatic hydroxyl groups is 1. The summed E-state index contributed by atoms with van der Waals surface area (Å²) in [6, 6.07) is 11.9. The molecule has 9 nitrogen and oxygen atoms in total. The number of phenols is 1. The maximum Gasteiger partial charge on any atom is 0.289 e. The predicted molar refractivity (Wildman–Crippen MR) is 107 cm³/mol. The quantitative estimate of drug-likeness (QED) is 0.417. The lowest BCUT2D eigenvalue weighted by atomic mass is 10.1. The van der Waals surface area contributed by atoms with Crippen molar-refractivity contribution in [3.8, 4) is 34.3 Å². The first-order valence-corrected chi connectivity index (χ1v) is 8.54. The molecule has 0 aliphatic heterocycles. The third-order valence-electron chi connectivity index (χ3n) is 4.12. The summed E-state index contributed by atoms with van der Waals surface area (Å²) >= 11 is 0. The minimum atomic E-state index is -0.483. The highest BCUT2D eigenvalue weighted by Gasteiger charge is 2.13. The van der Waals surface area contributed by atoms with E-state index in [1.165, 1.54) is 13.3 Å². The van der Waals surface area contributed by atoms with Crippen LogP contribution >= 0.6 is 0 Å². The average Bonchev–Trinajstić information content (AvgIpc) is 3.24. The Morgan fingerprint density at radius 3 is 2.55 bits per heavy atom. The van der Waals surface area contributed by atoms with E-state index in [9.17, 15) is 9.90 Å². The van der Waals surface area contributed by atoms with Gasteiger partial charge in [0.1, 0.15) is 5.69 Å². The lowest BCUT2D eigenvalue weighted by Crippen LogP contribution is -2.18. The maximum atomic E-state index is 12.3. The largest absolute Gasteiger partial charge is 0.504 e. The van der Waals surface area contributed by atoms with Crippen LogP contribution in [0, 0.1) is 0 Å². The first-order chi connectivity index (χ1) is 14.1. The van der Waals surface area contributed by atoms with Crippen molar-refractivity contribution in [3.63, 3.8) is 0 Å². The molecular weight excluding hydrogens is 376 g/mol. The summed E-state index contributed by atoms with van der Waals surface area (Å²) in [5.74, 6) is 0.920. The Balaban J connectivity index is 1.71. The molecule has 0 bridgehead atoms. The zero-order chi connectivity index (χ0) is 20.8. The van der Waals surface area contributed by atoms with E-state index < -0.39 is 5.91 Å². The summed E-state index contributed by atoms with van der Waals surface area (Å²) in [5, 5.41) is 20.7. The molecule has 0 aliphatic carbocycles. The molecule has 1 aromatic heterocycles. The number of hydrogen-bond donors (Lipinski definition) is 3. The Labute approximate surface area is 166 Å². The number of H-pyrrole nitrogens is 1. The molecule has 0 unspecified atom stereocenters. The number of aromatic amines is 1. The van der Waals surface area contributed by atoms with E-state index in [4.69, 9.17) is 14.2 Å². The van der Waals surface area contributed by atoms with Gasteiger partial charge in [-0.1, -0.05) is 6.07 Å². The van der Waals surface area contributed by atoms with Gasteiger partial charge in [-0.2, -0.15) is 10.2 Å². The van der Waals surface area contributed by atoms with Gasteiger partial charge in [0.25, 0.3) is 5.91 Å². The number of hydrogen-bond acceptors (Lipinski definition) is 7. The molecule has 0 spiro atoms. The number of ether oxygens (including phenoxy) is 3. The van der Waals surface area contributed by atoms with Gasteiger partial charge in [0.15, 0.2) is 23.0 Å². The number of phenolic OH excluding ortho intramolecular Hbond substituents is 1. The number of carbonyl (C=O) groups excluding carboxylic acids is 1. The van der Waals surface area contributed by atoms with E-state index in [2.05, 4.69) is 20.7 Å². The van der Waals surface area contributed by atoms with Gasteiger partial charge in [0.2, 0.25) is 0 Å². The van der Waals surface area contributed by atoms with Crippen molar-refractivity contribution in [1.29, 1.82) is 0 Å². The number of amides is 1. The van der Waals surface area contributed by atoms with Crippen molar-refractivity contribution in [2.45, 2.75) is 0 Å². The predicted octanol–water partition coefficient (Wildman–Crippen LogP) is 2.57. The molecule has 0 radical (unpaired) electrons. The van der Waals surface area contributed by atoms with Gasteiger partial charge in [0, 0.05) is 11.1 Å². The van der Waals surface area contributed by atoms with Gasteiger partial charge < -0.3 is 19.3 Å². The van der Waals surface area contributed by atoms with Crippen LogP contribution in [-0.4, -0.2) is 48.8 Å². The topological polar surface area (TPSA) is 118 Å². The maximum absolute atomic E-state index is 12.3. The van der Waals surface area contributed by atoms with Crippen molar-refractivity contribution < 1.29 is 24.1 Å². The second kappa shape index (κ2) is 8.79. The normalized spacial score (nSPS) is 10.7. The van der Waals surface area contributed by atoms with Gasteiger partial charge in [-0.3, -0.25) is 9.89 Å². The second-order valence-corrected chi connectivity index (χ2v) is 5.83. The number of hydrazone groups is 1. The fourth-order valence-electron chi connectivity index (χ4n) is 2.61. The first-order valence-electron chi connectivity index (χ1n) is 8.54. The van der Waals surface area contributed by atoms with Crippen LogP contribution in [-0.2, 0) is 0 Å². The summed E-state index contributed by atoms with van der Waals surface area (Å²) < 4.78 is 15.5. The number of methoxy groups -OCH3 is 3. The highest BCUT2D eigenvalue weighted by atomic mass is 16.5. The van der Waals surface area contributed by atoms with E-state index in [0.29, 0.717) is 28.5 Å². The Morgan fingerprint density at radius 2 is 1.83 bits per heavy atom. The molecule has 29 heavy (non-hydrogen) atoms. The summed E-state index contributed by atoms with van der Waals surface area (Å²) in [6.07, 6.45) is 1.32. The molecule has 3 aromatic rings. The highest BCUT2D eigenvalue weighted by Crippen LogP contribution is 2.31. The van der Waals surface area contributed by atoms with Crippen LogP contribution in [0.1, 0.15) is 16.1 Å². The Hall–Kier alpha value is -4.01. The van der Waals surface area contributed by atoms with Crippen LogP contribution < -0.4 is 19.6 Å². The SMILES string of the molecule is COc1ccc(-c2cc(C(=O)N/N=C/c3cccc(OC)c3O)[nH]n2)cc1OC. The van der Waals surface area contributed by atoms with E-state index in [-0.39, 0.29) is 11.4 Å². The molecule has 3 N–H and O–H groups in total. The minimum Gasteiger partial charge on any atom is -0.504 e. The molecule has 0 aliphatic rings. The summed E-state index contributed by atoms with van der Waals surface area (Å²) in [7, 11) is 4.55. The van der Waals surface area contributed by atoms with Gasteiger partial charge in [-0.15, -0.1) is 0 Å². The lowest BCUT2D eigenvalue weighted by molar-refractivity contribution is 0.0950. The molecule has 1 heterocycles. The Bertz CT molecular complexity index is 1050. The third-order valence-corrected chi connectivity index (χ3v) is 4.12. The van der Waals surface area contributed by atoms with Gasteiger partial charge in [0.05, 0.1) is 33.2 Å². The highest BCUT2D eigenvalue weighted by molar-refractivity contribution is 5.94. The molecule has 9 heteroatoms. The van der Waals surface area contributed by atoms with Crippen molar-refractivity contribution >= 4 is 12.1 Å². The van der Waals surface area contributed by atoms with Crippen LogP contribution in [0.3, 0.4) is 0 Å². The zero-order valence-electron chi connectivity index (χ0n) is 16.1. The van der Waals surface area contributed by atoms with E-state index in [0.717, 1.165) is 5.56 Å². The van der Waals surface area contributed by atoms with Crippen molar-refractivity contribution in [1.82, 2.24) is 15.6 Å².